The van der Waals surface area contributed by atoms with Gasteiger partial charge in [0.05, 0.1) is 30.3 Å². The topological polar surface area (TPSA) is 88.6 Å². The van der Waals surface area contributed by atoms with Crippen molar-refractivity contribution in [1.29, 1.82) is 0 Å². The SMILES string of the molecule is COc1ccccc1N(CC(=O)Nc1cccc2cccnc12)S(C)(=O)=O. The molecule has 0 spiro atoms. The fourth-order valence-electron chi connectivity index (χ4n) is 2.74. The third kappa shape index (κ3) is 4.17. The van der Waals surface area contributed by atoms with Crippen LogP contribution in [0.15, 0.2) is 60.8 Å². The van der Waals surface area contributed by atoms with Gasteiger partial charge in [0.2, 0.25) is 15.9 Å². The van der Waals surface area contributed by atoms with E-state index in [0.717, 1.165) is 15.9 Å². The number of anilines is 2. The first-order valence-corrected chi connectivity index (χ1v) is 9.99. The van der Waals surface area contributed by atoms with Gasteiger partial charge < -0.3 is 10.1 Å². The van der Waals surface area contributed by atoms with E-state index in [0.29, 0.717) is 22.6 Å². The van der Waals surface area contributed by atoms with Crippen LogP contribution in [0, 0.1) is 0 Å². The molecule has 8 heteroatoms. The van der Waals surface area contributed by atoms with E-state index >= 15 is 0 Å². The highest BCUT2D eigenvalue weighted by molar-refractivity contribution is 7.92. The molecule has 0 atom stereocenters. The molecule has 3 rings (SSSR count). The third-order valence-corrected chi connectivity index (χ3v) is 5.07. The summed E-state index contributed by atoms with van der Waals surface area (Å²) < 4.78 is 30.8. The lowest BCUT2D eigenvalue weighted by atomic mass is 10.2. The van der Waals surface area contributed by atoms with Gasteiger partial charge in [-0.1, -0.05) is 30.3 Å². The van der Waals surface area contributed by atoms with Crippen molar-refractivity contribution in [2.24, 2.45) is 0 Å². The molecule has 3 aromatic rings. The molecule has 1 aromatic heterocycles. The van der Waals surface area contributed by atoms with Crippen LogP contribution in [-0.2, 0) is 14.8 Å². The largest absolute Gasteiger partial charge is 0.495 e. The molecule has 0 fully saturated rings. The van der Waals surface area contributed by atoms with Gasteiger partial charge in [-0.25, -0.2) is 8.42 Å². The molecule has 0 bridgehead atoms. The van der Waals surface area contributed by atoms with Crippen molar-refractivity contribution in [3.63, 3.8) is 0 Å². The average molecular weight is 385 g/mol. The number of methoxy groups -OCH3 is 1. The van der Waals surface area contributed by atoms with Crippen LogP contribution in [-0.4, -0.2) is 39.2 Å². The lowest BCUT2D eigenvalue weighted by Crippen LogP contribution is -2.37. The average Bonchev–Trinajstić information content (AvgIpc) is 2.65. The van der Waals surface area contributed by atoms with Gasteiger partial charge in [-0.05, 0) is 24.3 Å². The van der Waals surface area contributed by atoms with Crippen molar-refractivity contribution < 1.29 is 17.9 Å². The van der Waals surface area contributed by atoms with Gasteiger partial charge in [-0.2, -0.15) is 0 Å². The van der Waals surface area contributed by atoms with Crippen LogP contribution in [0.3, 0.4) is 0 Å². The summed E-state index contributed by atoms with van der Waals surface area (Å²) >= 11 is 0. The number of aromatic nitrogens is 1. The van der Waals surface area contributed by atoms with Gasteiger partial charge in [0.15, 0.2) is 0 Å². The third-order valence-electron chi connectivity index (χ3n) is 3.95. The highest BCUT2D eigenvalue weighted by atomic mass is 32.2. The smallest absolute Gasteiger partial charge is 0.245 e. The number of rotatable bonds is 6. The monoisotopic (exact) mass is 385 g/mol. The van der Waals surface area contributed by atoms with E-state index in [1.165, 1.54) is 7.11 Å². The Morgan fingerprint density at radius 1 is 1.11 bits per heavy atom. The predicted octanol–water partition coefficient (Wildman–Crippen LogP) is 2.65. The number of fused-ring (bicyclic) bond motifs is 1. The number of carbonyl (C=O) groups excluding carboxylic acids is 1. The van der Waals surface area contributed by atoms with Crippen molar-refractivity contribution in [2.45, 2.75) is 0 Å². The van der Waals surface area contributed by atoms with Crippen LogP contribution < -0.4 is 14.4 Å². The van der Waals surface area contributed by atoms with E-state index in [2.05, 4.69) is 10.3 Å². The van der Waals surface area contributed by atoms with Crippen molar-refractivity contribution >= 4 is 38.2 Å². The zero-order valence-electron chi connectivity index (χ0n) is 14.9. The number of para-hydroxylation sites is 3. The molecule has 0 radical (unpaired) electrons. The lowest BCUT2D eigenvalue weighted by Gasteiger charge is -2.23. The quantitative estimate of drug-likeness (QED) is 0.705. The maximum absolute atomic E-state index is 12.6. The number of benzene rings is 2. The van der Waals surface area contributed by atoms with Gasteiger partial charge in [-0.15, -0.1) is 0 Å². The van der Waals surface area contributed by atoms with Crippen LogP contribution in [0.25, 0.3) is 10.9 Å². The number of hydrogen-bond donors (Lipinski definition) is 1. The second-order valence-corrected chi connectivity index (χ2v) is 7.78. The van der Waals surface area contributed by atoms with Crippen LogP contribution in [0.1, 0.15) is 0 Å². The molecule has 0 saturated heterocycles. The first-order valence-electron chi connectivity index (χ1n) is 8.14. The molecule has 1 amide bonds. The molecule has 7 nitrogen and oxygen atoms in total. The highest BCUT2D eigenvalue weighted by Crippen LogP contribution is 2.29. The van der Waals surface area contributed by atoms with Crippen LogP contribution >= 0.6 is 0 Å². The summed E-state index contributed by atoms with van der Waals surface area (Å²) in [5, 5.41) is 3.62. The molecule has 1 heterocycles. The van der Waals surface area contributed by atoms with Crippen LogP contribution in [0.4, 0.5) is 11.4 Å². The van der Waals surface area contributed by atoms with Crippen LogP contribution in [0.5, 0.6) is 5.75 Å². The van der Waals surface area contributed by atoms with E-state index in [4.69, 9.17) is 4.74 Å². The zero-order valence-corrected chi connectivity index (χ0v) is 15.7. The number of nitrogens with zero attached hydrogens (tertiary/aromatic N) is 2. The lowest BCUT2D eigenvalue weighted by molar-refractivity contribution is -0.114. The molecular formula is C19H19N3O4S. The minimum absolute atomic E-state index is 0.300. The van der Waals surface area contributed by atoms with Gasteiger partial charge >= 0.3 is 0 Å². The van der Waals surface area contributed by atoms with Gasteiger partial charge in [0.1, 0.15) is 12.3 Å². The van der Waals surface area contributed by atoms with E-state index in [-0.39, 0.29) is 6.54 Å². The Morgan fingerprint density at radius 2 is 1.85 bits per heavy atom. The molecule has 0 unspecified atom stereocenters. The number of amides is 1. The fourth-order valence-corrected chi connectivity index (χ4v) is 3.60. The Labute approximate surface area is 157 Å². The molecule has 27 heavy (non-hydrogen) atoms. The first kappa shape index (κ1) is 18.7. The van der Waals surface area contributed by atoms with Crippen molar-refractivity contribution in [1.82, 2.24) is 4.98 Å². The fraction of sp³-hybridized carbons (Fsp3) is 0.158. The second kappa shape index (κ2) is 7.63. The van der Waals surface area contributed by atoms with Crippen molar-refractivity contribution in [2.75, 3.05) is 29.5 Å². The summed E-state index contributed by atoms with van der Waals surface area (Å²) in [5.74, 6) is -0.118. The minimum atomic E-state index is -3.70. The van der Waals surface area contributed by atoms with Crippen molar-refractivity contribution in [3.8, 4) is 5.75 Å². The number of carbonyl (C=O) groups is 1. The summed E-state index contributed by atoms with van der Waals surface area (Å²) in [7, 11) is -2.26. The summed E-state index contributed by atoms with van der Waals surface area (Å²) in [5.41, 5.74) is 1.46. The Morgan fingerprint density at radius 3 is 2.59 bits per heavy atom. The summed E-state index contributed by atoms with van der Waals surface area (Å²) in [4.78, 5) is 16.9. The summed E-state index contributed by atoms with van der Waals surface area (Å²) in [6.07, 6.45) is 2.68. The normalized spacial score (nSPS) is 11.2. The Balaban J connectivity index is 1.89. The molecule has 2 aromatic carbocycles. The Hall–Kier alpha value is -3.13. The molecule has 0 aliphatic carbocycles. The van der Waals surface area contributed by atoms with E-state index in [1.54, 1.807) is 48.7 Å². The minimum Gasteiger partial charge on any atom is -0.495 e. The predicted molar refractivity (Wildman–Crippen MR) is 106 cm³/mol. The Kier molecular flexibility index (Phi) is 5.27. The number of sulfonamides is 1. The second-order valence-electron chi connectivity index (χ2n) is 5.87. The molecular weight excluding hydrogens is 366 g/mol. The van der Waals surface area contributed by atoms with Crippen LogP contribution in [0.2, 0.25) is 0 Å². The maximum Gasteiger partial charge on any atom is 0.245 e. The summed E-state index contributed by atoms with van der Waals surface area (Å²) in [6, 6.07) is 15.7. The maximum atomic E-state index is 12.6. The molecule has 140 valence electrons. The number of pyridine rings is 1. The standard InChI is InChI=1S/C19H19N3O4S/c1-26-17-11-4-3-10-16(17)22(27(2,24)25)13-18(23)21-15-9-5-7-14-8-6-12-20-19(14)15/h3-12H,13H2,1-2H3,(H,21,23). The van der Waals surface area contributed by atoms with E-state index in [1.807, 2.05) is 12.1 Å². The number of hydrogen-bond acceptors (Lipinski definition) is 5. The van der Waals surface area contributed by atoms with Gasteiger partial charge in [-0.3, -0.25) is 14.1 Å². The molecule has 1 N–H and O–H groups in total. The summed E-state index contributed by atoms with van der Waals surface area (Å²) in [6.45, 7) is -0.386. The number of ether oxygens (including phenoxy) is 1. The zero-order chi connectivity index (χ0) is 19.4. The Bertz CT molecular complexity index is 1080. The van der Waals surface area contributed by atoms with Crippen molar-refractivity contribution in [3.05, 3.63) is 60.8 Å². The van der Waals surface area contributed by atoms with E-state index < -0.39 is 15.9 Å². The highest BCUT2D eigenvalue weighted by Gasteiger charge is 2.24. The molecule has 0 saturated carbocycles. The molecule has 0 aliphatic heterocycles. The van der Waals surface area contributed by atoms with E-state index in [9.17, 15) is 13.2 Å². The van der Waals surface area contributed by atoms with Gasteiger partial charge in [0, 0.05) is 11.6 Å². The van der Waals surface area contributed by atoms with Gasteiger partial charge in [0.25, 0.3) is 0 Å². The number of nitrogens with one attached hydrogen (secondary N) is 1. The molecule has 0 aliphatic rings. The first-order chi connectivity index (χ1) is 12.9.